The lowest BCUT2D eigenvalue weighted by Gasteiger charge is -2.22. The zero-order valence-corrected chi connectivity index (χ0v) is 27.3. The molecule has 0 bridgehead atoms. The molecule has 4 rings (SSSR count). The molecule has 1 aliphatic heterocycles. The quantitative estimate of drug-likeness (QED) is 0.106. The normalized spacial score (nSPS) is 12.3. The van der Waals surface area contributed by atoms with Crippen LogP contribution in [-0.2, 0) is 35.3 Å². The number of Topliss-reactive ketones (excluding diaryl/α,β-unsaturated/α-hetero) is 1. The summed E-state index contributed by atoms with van der Waals surface area (Å²) in [4.78, 5) is 34.6. The Morgan fingerprint density at radius 1 is 0.638 bits per heavy atom. The van der Waals surface area contributed by atoms with E-state index in [0.29, 0.717) is 50.4 Å². The summed E-state index contributed by atoms with van der Waals surface area (Å²) in [6.45, 7) is 1.46. The van der Waals surface area contributed by atoms with Crippen molar-refractivity contribution < 1.29 is 38.8 Å². The van der Waals surface area contributed by atoms with Gasteiger partial charge in [-0.05, 0) is 99.1 Å². The number of benzene rings is 3. The van der Waals surface area contributed by atoms with Crippen LogP contribution < -0.4 is 14.2 Å². The van der Waals surface area contributed by atoms with Crippen LogP contribution in [-0.4, -0.2) is 47.8 Å². The summed E-state index contributed by atoms with van der Waals surface area (Å²) in [6.07, 6.45) is 10.5. The first-order valence-corrected chi connectivity index (χ1v) is 17.1. The van der Waals surface area contributed by atoms with E-state index in [1.807, 2.05) is 30.3 Å². The van der Waals surface area contributed by atoms with Crippen molar-refractivity contribution in [1.82, 2.24) is 0 Å². The Morgan fingerprint density at radius 2 is 1.34 bits per heavy atom. The molecule has 0 fully saturated rings. The molecular formula is C39H48O8. The number of unbranched alkanes of at least 4 members (excludes halogenated alkanes) is 5. The van der Waals surface area contributed by atoms with Gasteiger partial charge in [0.1, 0.15) is 17.2 Å². The van der Waals surface area contributed by atoms with Crippen molar-refractivity contribution in [3.8, 4) is 17.2 Å². The topological polar surface area (TPSA) is 119 Å². The van der Waals surface area contributed by atoms with Crippen molar-refractivity contribution in [2.24, 2.45) is 0 Å². The van der Waals surface area contributed by atoms with E-state index >= 15 is 0 Å². The Bertz CT molecular complexity index is 1450. The summed E-state index contributed by atoms with van der Waals surface area (Å²) >= 11 is 0. The fourth-order valence-corrected chi connectivity index (χ4v) is 6.05. The number of carboxylic acid groups (broad SMARTS) is 2. The standard InChI is InChI=1S/C39H48O8/c40-34-25-28-47-39-32(34)21-23-36(33(39)18-11-15-29-13-5-3-6-14-29)46-26-9-2-1-7-16-30-17-12-19-35(31(30)22-24-38(43)44)45-27-10-4-8-20-37(41)42/h3,5-6,12-14,17,19,21,23H,1-2,4,7-11,15-16,18,20,22,24-28H2,(H,41,42)(H,43,44). The van der Waals surface area contributed by atoms with E-state index in [1.54, 1.807) is 0 Å². The van der Waals surface area contributed by atoms with Gasteiger partial charge in [-0.2, -0.15) is 0 Å². The average molecular weight is 645 g/mol. The molecule has 0 atom stereocenters. The third kappa shape index (κ3) is 11.8. The minimum absolute atomic E-state index is 0.0411. The van der Waals surface area contributed by atoms with E-state index in [0.717, 1.165) is 92.4 Å². The van der Waals surface area contributed by atoms with E-state index < -0.39 is 11.9 Å². The molecule has 47 heavy (non-hydrogen) atoms. The maximum absolute atomic E-state index is 12.5. The fraction of sp³-hybridized carbons (Fsp3) is 0.462. The van der Waals surface area contributed by atoms with Crippen LogP contribution in [0.4, 0.5) is 0 Å². The first kappa shape index (κ1) is 35.5. The highest BCUT2D eigenvalue weighted by molar-refractivity contribution is 6.00. The maximum atomic E-state index is 12.5. The van der Waals surface area contributed by atoms with Crippen molar-refractivity contribution in [3.05, 3.63) is 88.5 Å². The number of hydrogen-bond donors (Lipinski definition) is 2. The number of carbonyl (C=O) groups is 3. The van der Waals surface area contributed by atoms with Crippen LogP contribution in [0, 0.1) is 0 Å². The van der Waals surface area contributed by atoms with Gasteiger partial charge < -0.3 is 24.4 Å². The first-order valence-electron chi connectivity index (χ1n) is 17.1. The number of carbonyl (C=O) groups excluding carboxylic acids is 1. The fourth-order valence-electron chi connectivity index (χ4n) is 6.05. The number of carboxylic acids is 2. The summed E-state index contributed by atoms with van der Waals surface area (Å²) in [6, 6.07) is 20.1. The highest BCUT2D eigenvalue weighted by atomic mass is 16.5. The molecule has 8 nitrogen and oxygen atoms in total. The Balaban J connectivity index is 1.25. The SMILES string of the molecule is O=C(O)CCCCCOc1cccc(CCCCCCOc2ccc3c(c2CCCc2ccccc2)OCCC3=O)c1CCC(=O)O. The predicted octanol–water partition coefficient (Wildman–Crippen LogP) is 8.05. The van der Waals surface area contributed by atoms with E-state index in [9.17, 15) is 19.5 Å². The number of ether oxygens (including phenoxy) is 3. The molecule has 3 aromatic rings. The molecule has 1 aliphatic rings. The van der Waals surface area contributed by atoms with Gasteiger partial charge in [-0.3, -0.25) is 14.4 Å². The van der Waals surface area contributed by atoms with E-state index in [2.05, 4.69) is 30.3 Å². The summed E-state index contributed by atoms with van der Waals surface area (Å²) < 4.78 is 18.3. The molecule has 3 aromatic carbocycles. The van der Waals surface area contributed by atoms with Gasteiger partial charge in [-0.25, -0.2) is 0 Å². The van der Waals surface area contributed by atoms with E-state index in [-0.39, 0.29) is 18.6 Å². The number of aryl methyl sites for hydroxylation is 2. The Labute approximate surface area is 278 Å². The number of rotatable bonds is 22. The Hall–Kier alpha value is -4.33. The molecule has 0 unspecified atom stereocenters. The van der Waals surface area contributed by atoms with E-state index in [4.69, 9.17) is 19.3 Å². The monoisotopic (exact) mass is 644 g/mol. The number of ketones is 1. The van der Waals surface area contributed by atoms with Crippen molar-refractivity contribution in [1.29, 1.82) is 0 Å². The van der Waals surface area contributed by atoms with Gasteiger partial charge in [-0.15, -0.1) is 0 Å². The van der Waals surface area contributed by atoms with Crippen LogP contribution in [0.3, 0.4) is 0 Å². The Morgan fingerprint density at radius 3 is 2.09 bits per heavy atom. The second kappa shape index (κ2) is 19.4. The summed E-state index contributed by atoms with van der Waals surface area (Å²) in [5.41, 5.74) is 5.01. The smallest absolute Gasteiger partial charge is 0.303 e. The summed E-state index contributed by atoms with van der Waals surface area (Å²) in [7, 11) is 0. The average Bonchev–Trinajstić information content (AvgIpc) is 3.06. The molecular weight excluding hydrogens is 596 g/mol. The van der Waals surface area contributed by atoms with Crippen LogP contribution in [0.25, 0.3) is 0 Å². The second-order valence-electron chi connectivity index (χ2n) is 12.1. The van der Waals surface area contributed by atoms with Crippen LogP contribution in [0.5, 0.6) is 17.2 Å². The van der Waals surface area contributed by atoms with Gasteiger partial charge in [-0.1, -0.05) is 55.3 Å². The van der Waals surface area contributed by atoms with Crippen molar-refractivity contribution >= 4 is 17.7 Å². The zero-order valence-electron chi connectivity index (χ0n) is 27.3. The molecule has 0 aliphatic carbocycles. The lowest BCUT2D eigenvalue weighted by Crippen LogP contribution is -2.17. The second-order valence-corrected chi connectivity index (χ2v) is 12.1. The molecule has 2 N–H and O–H groups in total. The zero-order chi connectivity index (χ0) is 33.3. The number of fused-ring (bicyclic) bond motifs is 1. The summed E-state index contributed by atoms with van der Waals surface area (Å²) in [5, 5.41) is 18.1. The van der Waals surface area contributed by atoms with Gasteiger partial charge in [0.2, 0.25) is 0 Å². The third-order valence-electron chi connectivity index (χ3n) is 8.54. The van der Waals surface area contributed by atoms with Crippen LogP contribution >= 0.6 is 0 Å². The number of hydrogen-bond acceptors (Lipinski definition) is 6. The predicted molar refractivity (Wildman–Crippen MR) is 181 cm³/mol. The first-order chi connectivity index (χ1) is 22.9. The maximum Gasteiger partial charge on any atom is 0.303 e. The van der Waals surface area contributed by atoms with Gasteiger partial charge in [0, 0.05) is 24.8 Å². The van der Waals surface area contributed by atoms with E-state index in [1.165, 1.54) is 5.56 Å². The minimum atomic E-state index is -0.837. The van der Waals surface area contributed by atoms with Crippen molar-refractivity contribution in [2.75, 3.05) is 19.8 Å². The highest BCUT2D eigenvalue weighted by Crippen LogP contribution is 2.37. The molecule has 0 saturated carbocycles. The molecule has 0 radical (unpaired) electrons. The lowest BCUT2D eigenvalue weighted by atomic mass is 9.96. The van der Waals surface area contributed by atoms with Crippen LogP contribution in [0.1, 0.15) is 103 Å². The molecule has 0 aromatic heterocycles. The van der Waals surface area contributed by atoms with Crippen LogP contribution in [0.2, 0.25) is 0 Å². The van der Waals surface area contributed by atoms with Crippen molar-refractivity contribution in [2.45, 2.75) is 96.3 Å². The van der Waals surface area contributed by atoms with Gasteiger partial charge in [0.15, 0.2) is 5.78 Å². The number of aliphatic carboxylic acids is 2. The lowest BCUT2D eigenvalue weighted by molar-refractivity contribution is -0.138. The summed E-state index contributed by atoms with van der Waals surface area (Å²) in [5.74, 6) is 0.715. The molecule has 0 amide bonds. The van der Waals surface area contributed by atoms with Gasteiger partial charge in [0.05, 0.1) is 25.4 Å². The molecule has 8 heteroatoms. The largest absolute Gasteiger partial charge is 0.493 e. The highest BCUT2D eigenvalue weighted by Gasteiger charge is 2.24. The van der Waals surface area contributed by atoms with Gasteiger partial charge in [0.25, 0.3) is 0 Å². The van der Waals surface area contributed by atoms with Crippen LogP contribution in [0.15, 0.2) is 60.7 Å². The molecule has 252 valence electrons. The Kier molecular flexibility index (Phi) is 14.6. The molecule has 1 heterocycles. The van der Waals surface area contributed by atoms with Crippen molar-refractivity contribution in [3.63, 3.8) is 0 Å². The minimum Gasteiger partial charge on any atom is -0.493 e. The third-order valence-corrected chi connectivity index (χ3v) is 8.54. The molecule has 0 saturated heterocycles. The molecule has 0 spiro atoms. The van der Waals surface area contributed by atoms with Gasteiger partial charge >= 0.3 is 11.9 Å².